The summed E-state index contributed by atoms with van der Waals surface area (Å²) in [7, 11) is -2.68. The van der Waals surface area contributed by atoms with E-state index in [9.17, 15) is 9.90 Å². The second kappa shape index (κ2) is 17.2. The van der Waals surface area contributed by atoms with Crippen LogP contribution in [-0.2, 0) is 30.9 Å². The van der Waals surface area contributed by atoms with Gasteiger partial charge in [-0.25, -0.2) is 0 Å². The Bertz CT molecular complexity index is 1880. The fraction of sp³-hybridized carbons (Fsp3) is 0.425. The molecule has 0 unspecified atom stereocenters. The molecule has 0 bridgehead atoms. The standard InChI is InChI=1S/C27H29N2SeSi2.C13H24O2.Ir/c1-31(2,3)16-18-11-12-22-23(13-18)30-27-25(28-17-29-26(22)27)20-14-19-9-7-8-10-21(19)24(15-20)32(4,5)6;1-5-10(6-2)12(14)9-13(15)11(7-3)8-4;/h7-13,15,17H,16H2,1-6H3;9-11,14H,5-8H2,1-4H3;/q-1;;/b;12-9-;. The molecule has 4 nitrogen and oxygen atoms in total. The van der Waals surface area contributed by atoms with Gasteiger partial charge in [-0.15, -0.1) is 0 Å². The quantitative estimate of drug-likeness (QED) is 0.0621. The Balaban J connectivity index is 0.000000334. The average Bonchev–Trinajstić information content (AvgIpc) is 3.38. The minimum absolute atomic E-state index is 0. The van der Waals surface area contributed by atoms with E-state index in [1.54, 1.807) is 6.33 Å². The van der Waals surface area contributed by atoms with Crippen molar-refractivity contribution in [2.75, 3.05) is 0 Å². The van der Waals surface area contributed by atoms with Gasteiger partial charge in [0.05, 0.1) is 5.76 Å². The van der Waals surface area contributed by atoms with Crippen molar-refractivity contribution >= 4 is 71.8 Å². The van der Waals surface area contributed by atoms with E-state index in [-0.39, 0.29) is 58.0 Å². The zero-order valence-corrected chi connectivity index (χ0v) is 36.6. The molecule has 8 heteroatoms. The molecule has 0 aliphatic rings. The maximum Gasteiger partial charge on any atom is 0 e. The first kappa shape index (κ1) is 40.2. The third kappa shape index (κ3) is 9.74. The number of carbonyl (C=O) groups is 1. The number of carbonyl (C=O) groups excluding carboxylic acids is 1. The van der Waals surface area contributed by atoms with Gasteiger partial charge in [-0.2, -0.15) is 0 Å². The van der Waals surface area contributed by atoms with E-state index in [1.165, 1.54) is 47.5 Å². The zero-order chi connectivity index (χ0) is 34.5. The molecular weight excluding hydrogens is 868 g/mol. The number of aromatic nitrogens is 2. The normalized spacial score (nSPS) is 12.5. The molecule has 0 spiro atoms. The van der Waals surface area contributed by atoms with E-state index in [1.807, 2.05) is 27.7 Å². The number of aliphatic hydroxyl groups excluding tert-OH is 1. The van der Waals surface area contributed by atoms with Crippen LogP contribution in [0.1, 0.15) is 58.9 Å². The van der Waals surface area contributed by atoms with Gasteiger partial charge in [-0.1, -0.05) is 27.7 Å². The monoisotopic (exact) mass is 922 g/mol. The third-order valence-electron chi connectivity index (χ3n) is 8.97. The average molecular weight is 921 g/mol. The molecule has 0 aliphatic heterocycles. The molecule has 1 N–H and O–H groups in total. The second-order valence-corrected chi connectivity index (χ2v) is 27.7. The number of benzene rings is 3. The van der Waals surface area contributed by atoms with Gasteiger partial charge in [0.25, 0.3) is 0 Å². The minimum Gasteiger partial charge on any atom is 0 e. The summed E-state index contributed by atoms with van der Waals surface area (Å²) >= 11 is 0.218. The molecule has 259 valence electrons. The molecule has 2 heterocycles. The Morgan fingerprint density at radius 1 is 0.875 bits per heavy atom. The van der Waals surface area contributed by atoms with Gasteiger partial charge in [0.15, 0.2) is 5.78 Å². The third-order valence-corrected chi connectivity index (χ3v) is 14.9. The number of fused-ring (bicyclic) bond motifs is 4. The smallest absolute Gasteiger partial charge is 0 e. The molecule has 0 aliphatic carbocycles. The fourth-order valence-corrected chi connectivity index (χ4v) is 11.9. The second-order valence-electron chi connectivity index (χ2n) is 15.0. The van der Waals surface area contributed by atoms with Crippen molar-refractivity contribution in [3.8, 4) is 11.3 Å². The number of hydrogen-bond acceptors (Lipinski definition) is 4. The Kier molecular flexibility index (Phi) is 14.4. The van der Waals surface area contributed by atoms with E-state index in [2.05, 4.69) is 93.9 Å². The summed E-state index contributed by atoms with van der Waals surface area (Å²) in [5.74, 6) is 0.547. The van der Waals surface area contributed by atoms with Crippen LogP contribution in [0.2, 0.25) is 39.3 Å². The van der Waals surface area contributed by atoms with Crippen LogP contribution < -0.4 is 5.19 Å². The summed E-state index contributed by atoms with van der Waals surface area (Å²) in [6, 6.07) is 23.0. The molecule has 0 saturated carbocycles. The molecule has 0 saturated heterocycles. The van der Waals surface area contributed by atoms with Crippen molar-refractivity contribution in [2.24, 2.45) is 11.8 Å². The van der Waals surface area contributed by atoms with Crippen LogP contribution in [0.5, 0.6) is 0 Å². The fourth-order valence-electron chi connectivity index (χ4n) is 6.29. The van der Waals surface area contributed by atoms with Gasteiger partial charge in [-0.3, -0.25) is 4.79 Å². The van der Waals surface area contributed by atoms with Crippen molar-refractivity contribution in [3.63, 3.8) is 0 Å². The van der Waals surface area contributed by atoms with Crippen molar-refractivity contribution in [2.45, 2.75) is 98.7 Å². The predicted octanol–water partition coefficient (Wildman–Crippen LogP) is 10.3. The van der Waals surface area contributed by atoms with Gasteiger partial charge in [-0.05, 0) is 25.7 Å². The summed E-state index contributed by atoms with van der Waals surface area (Å²) in [4.78, 5) is 21.3. The molecule has 2 aromatic heterocycles. The van der Waals surface area contributed by atoms with Gasteiger partial charge >= 0.3 is 199 Å². The van der Waals surface area contributed by atoms with E-state index in [0.717, 1.165) is 42.5 Å². The Labute approximate surface area is 310 Å². The summed E-state index contributed by atoms with van der Waals surface area (Å²) in [5, 5.41) is 15.1. The largest absolute Gasteiger partial charge is 0 e. The van der Waals surface area contributed by atoms with Gasteiger partial charge < -0.3 is 5.11 Å². The summed E-state index contributed by atoms with van der Waals surface area (Å²) < 4.78 is 2.77. The summed E-state index contributed by atoms with van der Waals surface area (Å²) in [5.41, 5.74) is 4.80. The van der Waals surface area contributed by atoms with Crippen LogP contribution in [0.4, 0.5) is 0 Å². The Hall–Kier alpha value is -2.19. The molecule has 1 radical (unpaired) electrons. The van der Waals surface area contributed by atoms with E-state index in [0.29, 0.717) is 0 Å². The molecular formula is C40H53IrN2O2SeSi2-. The number of rotatable bonds is 11. The van der Waals surface area contributed by atoms with E-state index < -0.39 is 16.1 Å². The van der Waals surface area contributed by atoms with E-state index >= 15 is 0 Å². The van der Waals surface area contributed by atoms with Gasteiger partial charge in [0.1, 0.15) is 0 Å². The van der Waals surface area contributed by atoms with Crippen LogP contribution in [0, 0.1) is 17.9 Å². The Morgan fingerprint density at radius 3 is 2.12 bits per heavy atom. The summed E-state index contributed by atoms with van der Waals surface area (Å²) in [6.45, 7) is 22.6. The first-order valence-electron chi connectivity index (χ1n) is 17.3. The van der Waals surface area contributed by atoms with Crippen molar-refractivity contribution in [3.05, 3.63) is 78.3 Å². The molecule has 0 amide bonds. The summed E-state index contributed by atoms with van der Waals surface area (Å²) in [6.07, 6.45) is 6.65. The number of ketones is 1. The molecule has 3 aromatic carbocycles. The topological polar surface area (TPSA) is 63.1 Å². The SMILES string of the molecule is CCC(CC)C(=O)/C=C(\O)C(CC)CC.C[Si](C)(C)Cc1ccc2c(c1)[se]c1c(-c3[c-]c4ccccc4c([Si](C)(C)C)c3)ncnc12.[Ir]. The molecule has 5 rings (SSSR count). The van der Waals surface area contributed by atoms with Crippen molar-refractivity contribution in [1.29, 1.82) is 0 Å². The molecule has 5 aromatic rings. The van der Waals surface area contributed by atoms with Crippen LogP contribution in [0.25, 0.3) is 41.5 Å². The molecule has 0 atom stereocenters. The predicted molar refractivity (Wildman–Crippen MR) is 210 cm³/mol. The number of nitrogens with zero attached hydrogens (tertiary/aromatic N) is 2. The zero-order valence-electron chi connectivity index (χ0n) is 30.5. The van der Waals surface area contributed by atoms with Crippen LogP contribution in [-0.4, -0.2) is 51.5 Å². The first-order chi connectivity index (χ1) is 22.2. The van der Waals surface area contributed by atoms with Crippen molar-refractivity contribution < 1.29 is 30.0 Å². The van der Waals surface area contributed by atoms with Crippen LogP contribution in [0.15, 0.2) is 66.7 Å². The number of aliphatic hydroxyl groups is 1. The molecule has 48 heavy (non-hydrogen) atoms. The van der Waals surface area contributed by atoms with Gasteiger partial charge in [0.2, 0.25) is 0 Å². The maximum atomic E-state index is 11.7. The minimum atomic E-state index is -1.54. The van der Waals surface area contributed by atoms with Crippen LogP contribution in [0.3, 0.4) is 0 Å². The Morgan fingerprint density at radius 2 is 1.52 bits per heavy atom. The van der Waals surface area contributed by atoms with Gasteiger partial charge in [0, 0.05) is 38.0 Å². The maximum absolute atomic E-state index is 11.7. The number of allylic oxidation sites excluding steroid dienone is 2. The first-order valence-corrected chi connectivity index (χ1v) is 26.2. The number of hydrogen-bond donors (Lipinski definition) is 1. The van der Waals surface area contributed by atoms with Crippen LogP contribution >= 0.6 is 0 Å². The molecule has 0 fully saturated rings. The van der Waals surface area contributed by atoms with E-state index in [4.69, 9.17) is 9.97 Å². The van der Waals surface area contributed by atoms with Crippen molar-refractivity contribution in [1.82, 2.24) is 9.97 Å².